The maximum absolute atomic E-state index is 12.8. The molecule has 1 aromatic carbocycles. The van der Waals surface area contributed by atoms with E-state index in [1.54, 1.807) is 10.4 Å². The van der Waals surface area contributed by atoms with Gasteiger partial charge in [-0.25, -0.2) is 13.4 Å². The van der Waals surface area contributed by atoms with Gasteiger partial charge in [0.1, 0.15) is 10.7 Å². The van der Waals surface area contributed by atoms with Gasteiger partial charge in [-0.1, -0.05) is 17.7 Å². The lowest BCUT2D eigenvalue weighted by atomic mass is 10.2. The molecule has 156 valence electrons. The van der Waals surface area contributed by atoms with E-state index in [0.717, 1.165) is 55.8 Å². The number of anilines is 2. The fourth-order valence-electron chi connectivity index (χ4n) is 3.76. The molecule has 0 radical (unpaired) electrons. The molecule has 2 aliphatic heterocycles. The Bertz CT molecular complexity index is 938. The van der Waals surface area contributed by atoms with Crippen LogP contribution in [0.4, 0.5) is 11.5 Å². The number of piperazine rings is 2. The van der Waals surface area contributed by atoms with Gasteiger partial charge in [-0.15, -0.1) is 0 Å². The molecule has 0 bridgehead atoms. The minimum atomic E-state index is -3.48. The quantitative estimate of drug-likeness (QED) is 0.732. The van der Waals surface area contributed by atoms with Crippen molar-refractivity contribution in [1.82, 2.24) is 14.2 Å². The second kappa shape index (κ2) is 8.47. The van der Waals surface area contributed by atoms with Gasteiger partial charge in [0.05, 0.1) is 0 Å². The molecule has 7 nitrogen and oxygen atoms in total. The number of likely N-dealkylation sites (N-methyl/N-ethyl adjacent to an activating group) is 1. The highest BCUT2D eigenvalue weighted by molar-refractivity contribution is 7.89. The summed E-state index contributed by atoms with van der Waals surface area (Å²) in [5.41, 5.74) is 1.12. The van der Waals surface area contributed by atoms with Crippen LogP contribution in [0.15, 0.2) is 47.5 Å². The summed E-state index contributed by atoms with van der Waals surface area (Å²) in [6.07, 6.45) is 1.49. The van der Waals surface area contributed by atoms with Crippen molar-refractivity contribution in [1.29, 1.82) is 0 Å². The Kier molecular flexibility index (Phi) is 5.96. The van der Waals surface area contributed by atoms with Gasteiger partial charge in [-0.05, 0) is 37.4 Å². The van der Waals surface area contributed by atoms with E-state index in [9.17, 15) is 8.42 Å². The molecule has 1 aromatic heterocycles. The van der Waals surface area contributed by atoms with Crippen molar-refractivity contribution in [3.05, 3.63) is 47.6 Å². The van der Waals surface area contributed by atoms with Crippen LogP contribution in [0.5, 0.6) is 0 Å². The number of hydrogen-bond acceptors (Lipinski definition) is 6. The predicted octanol–water partition coefficient (Wildman–Crippen LogP) is 2.00. The molecule has 3 heterocycles. The van der Waals surface area contributed by atoms with Crippen molar-refractivity contribution < 1.29 is 8.42 Å². The van der Waals surface area contributed by atoms with E-state index in [1.807, 2.05) is 31.3 Å². The van der Waals surface area contributed by atoms with Gasteiger partial charge >= 0.3 is 0 Å². The number of nitrogens with zero attached hydrogens (tertiary/aromatic N) is 5. The highest BCUT2D eigenvalue weighted by Crippen LogP contribution is 2.23. The second-order valence-electron chi connectivity index (χ2n) is 7.51. The molecule has 9 heteroatoms. The SMILES string of the molecule is CN1CCN(S(=O)(=O)c2ccc(N3CCN(c4cccc(Cl)c4)CC3)nc2)CC1. The van der Waals surface area contributed by atoms with E-state index in [-0.39, 0.29) is 4.90 Å². The van der Waals surface area contributed by atoms with Crippen molar-refractivity contribution in [2.24, 2.45) is 0 Å². The first-order valence-corrected chi connectivity index (χ1v) is 11.7. The van der Waals surface area contributed by atoms with E-state index in [4.69, 9.17) is 11.6 Å². The molecule has 0 aliphatic carbocycles. The van der Waals surface area contributed by atoms with Crippen LogP contribution >= 0.6 is 11.6 Å². The highest BCUT2D eigenvalue weighted by Gasteiger charge is 2.28. The minimum Gasteiger partial charge on any atom is -0.368 e. The van der Waals surface area contributed by atoms with Gasteiger partial charge in [0.2, 0.25) is 10.0 Å². The van der Waals surface area contributed by atoms with Crippen LogP contribution in [0.3, 0.4) is 0 Å². The van der Waals surface area contributed by atoms with Crippen LogP contribution in [-0.2, 0) is 10.0 Å². The van der Waals surface area contributed by atoms with Crippen molar-refractivity contribution in [2.75, 3.05) is 69.2 Å². The first-order valence-electron chi connectivity index (χ1n) is 9.84. The monoisotopic (exact) mass is 435 g/mol. The fraction of sp³-hybridized carbons (Fsp3) is 0.450. The Morgan fingerprint density at radius 3 is 2.21 bits per heavy atom. The maximum Gasteiger partial charge on any atom is 0.244 e. The van der Waals surface area contributed by atoms with Crippen molar-refractivity contribution in [3.63, 3.8) is 0 Å². The third-order valence-electron chi connectivity index (χ3n) is 5.60. The zero-order chi connectivity index (χ0) is 20.4. The van der Waals surface area contributed by atoms with Gasteiger partial charge in [0, 0.05) is 69.3 Å². The Morgan fingerprint density at radius 1 is 0.897 bits per heavy atom. The zero-order valence-electron chi connectivity index (χ0n) is 16.5. The molecule has 0 spiro atoms. The van der Waals surface area contributed by atoms with Crippen LogP contribution in [-0.4, -0.2) is 82.0 Å². The number of sulfonamides is 1. The third-order valence-corrected chi connectivity index (χ3v) is 7.72. The molecule has 0 saturated carbocycles. The summed E-state index contributed by atoms with van der Waals surface area (Å²) in [6, 6.07) is 11.4. The molecule has 2 fully saturated rings. The lowest BCUT2D eigenvalue weighted by Crippen LogP contribution is -2.47. The van der Waals surface area contributed by atoms with Gasteiger partial charge in [0.25, 0.3) is 0 Å². The van der Waals surface area contributed by atoms with Gasteiger partial charge < -0.3 is 14.7 Å². The number of hydrogen-bond donors (Lipinski definition) is 0. The first-order chi connectivity index (χ1) is 13.9. The molecule has 2 saturated heterocycles. The van der Waals surface area contributed by atoms with Crippen LogP contribution in [0.2, 0.25) is 5.02 Å². The first kappa shape index (κ1) is 20.4. The summed E-state index contributed by atoms with van der Waals surface area (Å²) in [4.78, 5) is 11.4. The zero-order valence-corrected chi connectivity index (χ0v) is 18.1. The molecule has 0 N–H and O–H groups in total. The van der Waals surface area contributed by atoms with E-state index in [1.165, 1.54) is 6.20 Å². The summed E-state index contributed by atoms with van der Waals surface area (Å²) in [5.74, 6) is 0.813. The van der Waals surface area contributed by atoms with E-state index in [2.05, 4.69) is 25.8 Å². The Morgan fingerprint density at radius 2 is 1.59 bits per heavy atom. The molecule has 4 rings (SSSR count). The smallest absolute Gasteiger partial charge is 0.244 e. The fourth-order valence-corrected chi connectivity index (χ4v) is 5.31. The Hall–Kier alpha value is -1.87. The van der Waals surface area contributed by atoms with E-state index >= 15 is 0 Å². The molecule has 2 aliphatic rings. The summed E-state index contributed by atoms with van der Waals surface area (Å²) in [5, 5.41) is 0.740. The maximum atomic E-state index is 12.8. The molecular formula is C20H26ClN5O2S. The summed E-state index contributed by atoms with van der Waals surface area (Å²) >= 11 is 6.10. The molecule has 0 unspecified atom stereocenters. The normalized spacial score (nSPS) is 19.5. The van der Waals surface area contributed by atoms with Crippen molar-refractivity contribution in [2.45, 2.75) is 4.90 Å². The number of halogens is 1. The second-order valence-corrected chi connectivity index (χ2v) is 9.89. The molecular weight excluding hydrogens is 410 g/mol. The van der Waals surface area contributed by atoms with Crippen LogP contribution in [0.1, 0.15) is 0 Å². The Labute approximate surface area is 177 Å². The van der Waals surface area contributed by atoms with Crippen molar-refractivity contribution in [3.8, 4) is 0 Å². The highest BCUT2D eigenvalue weighted by atomic mass is 35.5. The number of benzene rings is 1. The van der Waals surface area contributed by atoms with Crippen LogP contribution < -0.4 is 9.80 Å². The predicted molar refractivity (Wildman–Crippen MR) is 116 cm³/mol. The van der Waals surface area contributed by atoms with Gasteiger partial charge in [-0.2, -0.15) is 4.31 Å². The lowest BCUT2D eigenvalue weighted by Gasteiger charge is -2.37. The molecule has 29 heavy (non-hydrogen) atoms. The number of rotatable bonds is 4. The number of pyridine rings is 1. The largest absolute Gasteiger partial charge is 0.368 e. The topological polar surface area (TPSA) is 60.0 Å². The summed E-state index contributed by atoms with van der Waals surface area (Å²) in [7, 11) is -1.47. The number of aromatic nitrogens is 1. The molecule has 0 atom stereocenters. The average Bonchev–Trinajstić information content (AvgIpc) is 2.74. The van der Waals surface area contributed by atoms with Crippen molar-refractivity contribution >= 4 is 33.1 Å². The minimum absolute atomic E-state index is 0.267. The summed E-state index contributed by atoms with van der Waals surface area (Å²) in [6.45, 7) is 5.92. The third kappa shape index (κ3) is 4.50. The summed E-state index contributed by atoms with van der Waals surface area (Å²) < 4.78 is 27.2. The molecule has 0 amide bonds. The Balaban J connectivity index is 1.40. The molecule has 2 aromatic rings. The average molecular weight is 436 g/mol. The standard InChI is InChI=1S/C20H26ClN5O2S/c1-23-7-13-26(14-8-23)29(27,28)19-5-6-20(22-16-19)25-11-9-24(10-12-25)18-4-2-3-17(21)15-18/h2-6,15-16H,7-14H2,1H3. The van der Waals surface area contributed by atoms with Crippen LogP contribution in [0.25, 0.3) is 0 Å². The van der Waals surface area contributed by atoms with E-state index < -0.39 is 10.0 Å². The lowest BCUT2D eigenvalue weighted by molar-refractivity contribution is 0.222. The van der Waals surface area contributed by atoms with Gasteiger partial charge in [0.15, 0.2) is 0 Å². The van der Waals surface area contributed by atoms with E-state index in [0.29, 0.717) is 13.1 Å². The van der Waals surface area contributed by atoms with Gasteiger partial charge in [-0.3, -0.25) is 0 Å². The van der Waals surface area contributed by atoms with Crippen LogP contribution in [0, 0.1) is 0 Å².